The van der Waals surface area contributed by atoms with Gasteiger partial charge in [0.25, 0.3) is 0 Å². The molecule has 26 heavy (non-hydrogen) atoms. The number of rotatable bonds is 4. The smallest absolute Gasteiger partial charge is 0.248 e. The number of anilines is 2. The van der Waals surface area contributed by atoms with Crippen molar-refractivity contribution in [2.75, 3.05) is 22.4 Å². The third-order valence-corrected chi connectivity index (χ3v) is 5.58. The van der Waals surface area contributed by atoms with Crippen molar-refractivity contribution in [2.45, 2.75) is 19.8 Å². The van der Waals surface area contributed by atoms with E-state index in [1.807, 2.05) is 43.3 Å². The maximum atomic E-state index is 12.3. The van der Waals surface area contributed by atoms with Crippen LogP contribution >= 0.6 is 0 Å². The lowest BCUT2D eigenvalue weighted by atomic mass is 10.0. The number of hydrogen-bond donors (Lipinski definition) is 1. The van der Waals surface area contributed by atoms with Gasteiger partial charge in [0, 0.05) is 18.3 Å². The number of aryl methyl sites for hydroxylation is 1. The lowest BCUT2D eigenvalue weighted by molar-refractivity contribution is -0.111. The Kier molecular flexibility index (Phi) is 5.13. The first-order valence-corrected chi connectivity index (χ1v) is 10.3. The number of carbonyl (C=O) groups excluding carboxylic acids is 1. The first kappa shape index (κ1) is 18.2. The van der Waals surface area contributed by atoms with Gasteiger partial charge in [-0.05, 0) is 54.7 Å². The lowest BCUT2D eigenvalue weighted by Gasteiger charge is -2.29. The second-order valence-electron chi connectivity index (χ2n) is 6.46. The van der Waals surface area contributed by atoms with Crippen LogP contribution < -0.4 is 9.62 Å². The molecule has 3 rings (SSSR count). The van der Waals surface area contributed by atoms with Gasteiger partial charge in [0.1, 0.15) is 0 Å². The summed E-state index contributed by atoms with van der Waals surface area (Å²) in [6.45, 7) is 2.39. The molecule has 1 aliphatic heterocycles. The van der Waals surface area contributed by atoms with Crippen molar-refractivity contribution in [2.24, 2.45) is 0 Å². The van der Waals surface area contributed by atoms with E-state index in [0.717, 1.165) is 29.5 Å². The quantitative estimate of drug-likeness (QED) is 0.839. The highest BCUT2D eigenvalue weighted by Crippen LogP contribution is 2.31. The predicted molar refractivity (Wildman–Crippen MR) is 106 cm³/mol. The van der Waals surface area contributed by atoms with Crippen molar-refractivity contribution in [1.29, 1.82) is 0 Å². The number of sulfonamides is 1. The molecule has 136 valence electrons. The number of fused-ring (bicyclic) bond motifs is 1. The third-order valence-electron chi connectivity index (χ3n) is 4.40. The van der Waals surface area contributed by atoms with Gasteiger partial charge in [-0.3, -0.25) is 9.10 Å². The molecular formula is C20H22N2O3S. The van der Waals surface area contributed by atoms with Crippen LogP contribution in [0, 0.1) is 0 Å². The molecule has 0 atom stereocenters. The molecule has 0 saturated heterocycles. The van der Waals surface area contributed by atoms with Gasteiger partial charge in [0.2, 0.25) is 15.9 Å². The summed E-state index contributed by atoms with van der Waals surface area (Å²) in [6.07, 6.45) is 4.35. The number of nitrogens with zero attached hydrogens (tertiary/aromatic N) is 1. The van der Waals surface area contributed by atoms with Crippen LogP contribution in [0.3, 0.4) is 0 Å². The van der Waals surface area contributed by atoms with Gasteiger partial charge in [-0.25, -0.2) is 8.42 Å². The van der Waals surface area contributed by atoms with E-state index in [4.69, 9.17) is 0 Å². The van der Waals surface area contributed by atoms with Crippen molar-refractivity contribution in [3.05, 3.63) is 65.7 Å². The predicted octanol–water partition coefficient (Wildman–Crippen LogP) is 3.44. The summed E-state index contributed by atoms with van der Waals surface area (Å²) in [4.78, 5) is 12.3. The first-order valence-electron chi connectivity index (χ1n) is 8.50. The van der Waals surface area contributed by atoms with E-state index in [1.54, 1.807) is 18.2 Å². The highest BCUT2D eigenvalue weighted by atomic mass is 32.2. The van der Waals surface area contributed by atoms with Crippen molar-refractivity contribution in [1.82, 2.24) is 0 Å². The molecule has 1 N–H and O–H groups in total. The van der Waals surface area contributed by atoms with Crippen LogP contribution in [-0.4, -0.2) is 27.1 Å². The van der Waals surface area contributed by atoms with Crippen LogP contribution in [0.15, 0.2) is 54.6 Å². The zero-order chi connectivity index (χ0) is 18.7. The summed E-state index contributed by atoms with van der Waals surface area (Å²) < 4.78 is 25.3. The highest BCUT2D eigenvalue weighted by Gasteiger charge is 2.24. The molecule has 0 aliphatic carbocycles. The summed E-state index contributed by atoms with van der Waals surface area (Å²) >= 11 is 0. The molecule has 2 aromatic rings. The van der Waals surface area contributed by atoms with Crippen molar-refractivity contribution in [3.63, 3.8) is 0 Å². The number of allylic oxidation sites excluding steroid dienone is 1. The van der Waals surface area contributed by atoms with Crippen molar-refractivity contribution < 1.29 is 13.2 Å². The minimum absolute atomic E-state index is 0.206. The van der Waals surface area contributed by atoms with E-state index in [9.17, 15) is 13.2 Å². The van der Waals surface area contributed by atoms with Crippen LogP contribution in [0.5, 0.6) is 0 Å². The summed E-state index contributed by atoms with van der Waals surface area (Å²) in [5.41, 5.74) is 4.18. The molecule has 2 aromatic carbocycles. The Hall–Kier alpha value is -2.60. The van der Waals surface area contributed by atoms with Crippen molar-refractivity contribution >= 4 is 32.9 Å². The van der Waals surface area contributed by atoms with Gasteiger partial charge >= 0.3 is 0 Å². The minimum atomic E-state index is -3.29. The normalized spacial score (nSPS) is 14.7. The number of benzene rings is 2. The molecule has 1 aliphatic rings. The summed E-state index contributed by atoms with van der Waals surface area (Å²) in [5, 5.41) is 2.86. The Labute approximate surface area is 154 Å². The highest BCUT2D eigenvalue weighted by molar-refractivity contribution is 7.92. The molecule has 0 spiro atoms. The van der Waals surface area contributed by atoms with E-state index < -0.39 is 10.0 Å². The average molecular weight is 370 g/mol. The largest absolute Gasteiger partial charge is 0.322 e. The van der Waals surface area contributed by atoms with Gasteiger partial charge in [0.05, 0.1) is 11.9 Å². The third kappa shape index (κ3) is 4.14. The molecule has 0 aromatic heterocycles. The van der Waals surface area contributed by atoms with Gasteiger partial charge in [-0.2, -0.15) is 0 Å². The molecule has 0 saturated carbocycles. The number of hydrogen-bond acceptors (Lipinski definition) is 3. The summed E-state index contributed by atoms with van der Waals surface area (Å²) in [5.74, 6) is -0.206. The Morgan fingerprint density at radius 1 is 1.15 bits per heavy atom. The van der Waals surface area contributed by atoms with Crippen molar-refractivity contribution in [3.8, 4) is 0 Å². The lowest BCUT2D eigenvalue weighted by Crippen LogP contribution is -2.34. The molecule has 0 fully saturated rings. The summed E-state index contributed by atoms with van der Waals surface area (Å²) in [7, 11) is -3.29. The molecule has 6 heteroatoms. The average Bonchev–Trinajstić information content (AvgIpc) is 2.60. The molecule has 1 heterocycles. The second kappa shape index (κ2) is 7.33. The Bertz CT molecular complexity index is 950. The van der Waals surface area contributed by atoms with E-state index in [0.29, 0.717) is 17.9 Å². The molecule has 0 bridgehead atoms. The molecule has 0 unspecified atom stereocenters. The van der Waals surface area contributed by atoms with Gasteiger partial charge < -0.3 is 5.32 Å². The SMILES string of the molecule is C/C(=C\C(=O)Nc1ccc2c(c1)CCCN2S(C)(=O)=O)c1ccccc1. The van der Waals surface area contributed by atoms with Crippen LogP contribution in [0.2, 0.25) is 0 Å². The zero-order valence-corrected chi connectivity index (χ0v) is 15.7. The monoisotopic (exact) mass is 370 g/mol. The maximum absolute atomic E-state index is 12.3. The zero-order valence-electron chi connectivity index (χ0n) is 14.9. The fraction of sp³-hybridized carbons (Fsp3) is 0.250. The fourth-order valence-corrected chi connectivity index (χ4v) is 4.14. The molecule has 0 radical (unpaired) electrons. The molecule has 1 amide bonds. The fourth-order valence-electron chi connectivity index (χ4n) is 3.14. The van der Waals surface area contributed by atoms with Crippen LogP contribution in [-0.2, 0) is 21.2 Å². The van der Waals surface area contributed by atoms with Gasteiger partial charge in [0.15, 0.2) is 0 Å². The van der Waals surface area contributed by atoms with E-state index >= 15 is 0 Å². The van der Waals surface area contributed by atoms with E-state index in [1.165, 1.54) is 10.6 Å². The second-order valence-corrected chi connectivity index (χ2v) is 8.37. The number of nitrogens with one attached hydrogen (secondary N) is 1. The van der Waals surface area contributed by atoms with Crippen LogP contribution in [0.1, 0.15) is 24.5 Å². The molecule has 5 nitrogen and oxygen atoms in total. The Morgan fingerprint density at radius 3 is 2.58 bits per heavy atom. The standard InChI is InChI=1S/C20H22N2O3S/c1-15(16-7-4-3-5-8-16)13-20(23)21-18-10-11-19-17(14-18)9-6-12-22(19)26(2,24)25/h3-5,7-8,10-11,13-14H,6,9,12H2,1-2H3,(H,21,23)/b15-13+. The van der Waals surface area contributed by atoms with Gasteiger partial charge in [-0.1, -0.05) is 30.3 Å². The first-order chi connectivity index (χ1) is 12.3. The van der Waals surface area contributed by atoms with Gasteiger partial charge in [-0.15, -0.1) is 0 Å². The maximum Gasteiger partial charge on any atom is 0.248 e. The number of amides is 1. The number of carbonyl (C=O) groups is 1. The van der Waals surface area contributed by atoms with E-state index in [-0.39, 0.29) is 5.91 Å². The Morgan fingerprint density at radius 2 is 1.88 bits per heavy atom. The minimum Gasteiger partial charge on any atom is -0.322 e. The van der Waals surface area contributed by atoms with Crippen LogP contribution in [0.25, 0.3) is 5.57 Å². The Balaban J connectivity index is 1.78. The van der Waals surface area contributed by atoms with Crippen LogP contribution in [0.4, 0.5) is 11.4 Å². The van der Waals surface area contributed by atoms with E-state index in [2.05, 4.69) is 5.32 Å². The topological polar surface area (TPSA) is 66.5 Å². The summed E-state index contributed by atoms with van der Waals surface area (Å²) in [6, 6.07) is 15.1. The molecular weight excluding hydrogens is 348 g/mol.